The van der Waals surface area contributed by atoms with E-state index in [1.54, 1.807) is 18.2 Å². The molecule has 1 aromatic heterocycles. The number of aromatic nitrogens is 1. The number of nitrogens with one attached hydrogen (secondary N) is 1. The average molecular weight is 240 g/mol. The van der Waals surface area contributed by atoms with Crippen LogP contribution >= 0.6 is 0 Å². The lowest BCUT2D eigenvalue weighted by Crippen LogP contribution is -2.08. The standard InChI is InChI=1S/C10H14N2O3.C2H6/c1-8(14)11-9-4-2-5-10(12-9)15-7-3-6-13;1-2/h2,4-5,13H,3,6-7H2,1H3,(H,11,12,14);1-2H3. The Labute approximate surface area is 102 Å². The summed E-state index contributed by atoms with van der Waals surface area (Å²) in [6.07, 6.45) is 0.562. The van der Waals surface area contributed by atoms with Crippen molar-refractivity contribution >= 4 is 11.7 Å². The number of rotatable bonds is 5. The average Bonchev–Trinajstić information content (AvgIpc) is 2.32. The van der Waals surface area contributed by atoms with E-state index in [1.807, 2.05) is 13.8 Å². The van der Waals surface area contributed by atoms with Gasteiger partial charge in [-0.2, -0.15) is 4.98 Å². The third-order valence-corrected chi connectivity index (χ3v) is 1.58. The van der Waals surface area contributed by atoms with Crippen LogP contribution in [-0.4, -0.2) is 29.2 Å². The van der Waals surface area contributed by atoms with Crippen molar-refractivity contribution in [1.82, 2.24) is 4.98 Å². The van der Waals surface area contributed by atoms with E-state index in [2.05, 4.69) is 10.3 Å². The molecule has 1 amide bonds. The van der Waals surface area contributed by atoms with Gasteiger partial charge in [-0.05, 0) is 6.07 Å². The fraction of sp³-hybridized carbons (Fsp3) is 0.500. The van der Waals surface area contributed by atoms with E-state index < -0.39 is 0 Å². The molecule has 1 rings (SSSR count). The topological polar surface area (TPSA) is 71.5 Å². The van der Waals surface area contributed by atoms with Gasteiger partial charge in [0.05, 0.1) is 6.61 Å². The number of carbonyl (C=O) groups is 1. The van der Waals surface area contributed by atoms with E-state index in [4.69, 9.17) is 9.84 Å². The fourth-order valence-electron chi connectivity index (χ4n) is 0.986. The summed E-state index contributed by atoms with van der Waals surface area (Å²) in [5.74, 6) is 0.730. The third kappa shape index (κ3) is 7.30. The van der Waals surface area contributed by atoms with Crippen LogP contribution in [0.15, 0.2) is 18.2 Å². The molecule has 0 aliphatic rings. The number of ether oxygens (including phenoxy) is 1. The maximum absolute atomic E-state index is 10.8. The molecule has 0 unspecified atom stereocenters. The van der Waals surface area contributed by atoms with Crippen molar-refractivity contribution in [1.29, 1.82) is 0 Å². The van der Waals surface area contributed by atoms with Gasteiger partial charge in [0.15, 0.2) is 0 Å². The Balaban J connectivity index is 0.00000121. The number of carbonyl (C=O) groups excluding carboxylic acids is 1. The number of aliphatic hydroxyl groups excluding tert-OH is 1. The second-order valence-corrected chi connectivity index (χ2v) is 2.97. The van der Waals surface area contributed by atoms with Crippen molar-refractivity contribution < 1.29 is 14.6 Å². The molecule has 0 spiro atoms. The lowest BCUT2D eigenvalue weighted by molar-refractivity contribution is -0.114. The molecule has 17 heavy (non-hydrogen) atoms. The molecule has 0 aromatic carbocycles. The Morgan fingerprint density at radius 3 is 2.76 bits per heavy atom. The molecule has 0 radical (unpaired) electrons. The molecular weight excluding hydrogens is 220 g/mol. The summed E-state index contributed by atoms with van der Waals surface area (Å²) >= 11 is 0. The summed E-state index contributed by atoms with van der Waals surface area (Å²) in [6.45, 7) is 5.92. The Kier molecular flexibility index (Phi) is 8.68. The minimum atomic E-state index is -0.171. The molecule has 0 saturated heterocycles. The van der Waals surface area contributed by atoms with Crippen LogP contribution in [0.1, 0.15) is 27.2 Å². The van der Waals surface area contributed by atoms with Crippen LogP contribution in [0.5, 0.6) is 5.88 Å². The highest BCUT2D eigenvalue weighted by atomic mass is 16.5. The van der Waals surface area contributed by atoms with Crippen molar-refractivity contribution in [3.63, 3.8) is 0 Å². The molecule has 0 aliphatic carbocycles. The third-order valence-electron chi connectivity index (χ3n) is 1.58. The summed E-state index contributed by atoms with van der Waals surface area (Å²) in [5.41, 5.74) is 0. The predicted molar refractivity (Wildman–Crippen MR) is 67.1 cm³/mol. The van der Waals surface area contributed by atoms with Crippen LogP contribution in [0.25, 0.3) is 0 Å². The SMILES string of the molecule is CC.CC(=O)Nc1cccc(OCCCO)n1. The summed E-state index contributed by atoms with van der Waals surface area (Å²) in [5, 5.41) is 11.1. The molecular formula is C12H20N2O3. The molecule has 96 valence electrons. The molecule has 5 heteroatoms. The van der Waals surface area contributed by atoms with Gasteiger partial charge in [0.2, 0.25) is 11.8 Å². The normalized spacial score (nSPS) is 8.94. The van der Waals surface area contributed by atoms with Crippen molar-refractivity contribution in [3.8, 4) is 5.88 Å². The largest absolute Gasteiger partial charge is 0.478 e. The van der Waals surface area contributed by atoms with Crippen molar-refractivity contribution in [3.05, 3.63) is 18.2 Å². The number of anilines is 1. The number of nitrogens with zero attached hydrogens (tertiary/aromatic N) is 1. The number of amides is 1. The number of pyridine rings is 1. The molecule has 0 saturated carbocycles. The minimum absolute atomic E-state index is 0.0887. The minimum Gasteiger partial charge on any atom is -0.478 e. The highest BCUT2D eigenvalue weighted by molar-refractivity contribution is 5.87. The highest BCUT2D eigenvalue weighted by Gasteiger charge is 1.99. The van der Waals surface area contributed by atoms with E-state index in [9.17, 15) is 4.79 Å². The van der Waals surface area contributed by atoms with Gasteiger partial charge in [0, 0.05) is 26.0 Å². The highest BCUT2D eigenvalue weighted by Crippen LogP contribution is 2.11. The smallest absolute Gasteiger partial charge is 0.222 e. The van der Waals surface area contributed by atoms with Crippen LogP contribution in [0, 0.1) is 0 Å². The van der Waals surface area contributed by atoms with Gasteiger partial charge < -0.3 is 15.2 Å². The number of hydrogen-bond acceptors (Lipinski definition) is 4. The quantitative estimate of drug-likeness (QED) is 0.770. The van der Waals surface area contributed by atoms with Crippen molar-refractivity contribution in [2.45, 2.75) is 27.2 Å². The van der Waals surface area contributed by atoms with Crippen LogP contribution in [-0.2, 0) is 4.79 Å². The Morgan fingerprint density at radius 2 is 2.18 bits per heavy atom. The Bertz CT molecular complexity index is 329. The summed E-state index contributed by atoms with van der Waals surface area (Å²) in [4.78, 5) is 14.8. The van der Waals surface area contributed by atoms with Gasteiger partial charge in [-0.3, -0.25) is 4.79 Å². The second kappa shape index (κ2) is 9.59. The maximum atomic E-state index is 10.8. The van der Waals surface area contributed by atoms with Gasteiger partial charge in [0.25, 0.3) is 0 Å². The zero-order valence-corrected chi connectivity index (χ0v) is 10.6. The van der Waals surface area contributed by atoms with E-state index in [0.717, 1.165) is 0 Å². The Morgan fingerprint density at radius 1 is 1.47 bits per heavy atom. The maximum Gasteiger partial charge on any atom is 0.222 e. The number of hydrogen-bond donors (Lipinski definition) is 2. The summed E-state index contributed by atoms with van der Waals surface area (Å²) < 4.78 is 5.25. The molecule has 0 fully saturated rings. The molecule has 1 aromatic rings. The second-order valence-electron chi connectivity index (χ2n) is 2.97. The van der Waals surface area contributed by atoms with Gasteiger partial charge >= 0.3 is 0 Å². The zero-order chi connectivity index (χ0) is 13.1. The van der Waals surface area contributed by atoms with Gasteiger partial charge in [-0.15, -0.1) is 0 Å². The molecule has 1 heterocycles. The predicted octanol–water partition coefficient (Wildman–Crippen LogP) is 1.83. The molecule has 5 nitrogen and oxygen atoms in total. The van der Waals surface area contributed by atoms with Crippen LogP contribution in [0.4, 0.5) is 5.82 Å². The lowest BCUT2D eigenvalue weighted by Gasteiger charge is -2.06. The van der Waals surface area contributed by atoms with Gasteiger partial charge in [0.1, 0.15) is 5.82 Å². The van der Waals surface area contributed by atoms with Crippen LogP contribution in [0.3, 0.4) is 0 Å². The van der Waals surface area contributed by atoms with E-state index >= 15 is 0 Å². The first-order chi connectivity index (χ1) is 8.22. The fourth-order valence-corrected chi connectivity index (χ4v) is 0.986. The van der Waals surface area contributed by atoms with Crippen LogP contribution in [0.2, 0.25) is 0 Å². The van der Waals surface area contributed by atoms with Gasteiger partial charge in [-0.25, -0.2) is 0 Å². The zero-order valence-electron chi connectivity index (χ0n) is 10.6. The van der Waals surface area contributed by atoms with Gasteiger partial charge in [-0.1, -0.05) is 19.9 Å². The van der Waals surface area contributed by atoms with E-state index in [-0.39, 0.29) is 12.5 Å². The van der Waals surface area contributed by atoms with Crippen LogP contribution < -0.4 is 10.1 Å². The number of aliphatic hydroxyl groups is 1. The van der Waals surface area contributed by atoms with E-state index in [0.29, 0.717) is 24.7 Å². The molecule has 0 bridgehead atoms. The Hall–Kier alpha value is -1.62. The monoisotopic (exact) mass is 240 g/mol. The molecule has 0 aliphatic heterocycles. The van der Waals surface area contributed by atoms with E-state index in [1.165, 1.54) is 6.92 Å². The summed E-state index contributed by atoms with van der Waals surface area (Å²) in [6, 6.07) is 5.12. The lowest BCUT2D eigenvalue weighted by atomic mass is 10.4. The first kappa shape index (κ1) is 15.4. The molecule has 0 atom stereocenters. The summed E-state index contributed by atoms with van der Waals surface area (Å²) in [7, 11) is 0. The first-order valence-corrected chi connectivity index (χ1v) is 5.70. The van der Waals surface area contributed by atoms with Crippen molar-refractivity contribution in [2.24, 2.45) is 0 Å². The first-order valence-electron chi connectivity index (χ1n) is 5.70. The molecule has 2 N–H and O–H groups in total. The van der Waals surface area contributed by atoms with Crippen molar-refractivity contribution in [2.75, 3.05) is 18.5 Å².